The molecule has 2 heteroatoms. The van der Waals surface area contributed by atoms with Gasteiger partial charge in [0, 0.05) is 5.33 Å². The zero-order chi connectivity index (χ0) is 8.48. The summed E-state index contributed by atoms with van der Waals surface area (Å²) >= 11 is 3.45. The number of hydrogen-bond acceptors (Lipinski definition) is 1. The number of ether oxygens (including phenoxy) is 1. The van der Waals surface area contributed by atoms with Crippen LogP contribution in [-0.2, 0) is 4.74 Å². The molecule has 0 aromatic rings. The summed E-state index contributed by atoms with van der Waals surface area (Å²) in [7, 11) is 0. The highest BCUT2D eigenvalue weighted by Gasteiger charge is 2.33. The fraction of sp³-hybridized carbons (Fsp3) is 1.00. The van der Waals surface area contributed by atoms with Gasteiger partial charge >= 0.3 is 0 Å². The van der Waals surface area contributed by atoms with Crippen LogP contribution in [0, 0.1) is 5.41 Å². The van der Waals surface area contributed by atoms with Crippen molar-refractivity contribution in [3.63, 3.8) is 0 Å². The SMILES string of the molecule is CC(C)(C)C1CCC(CBr)O1. The van der Waals surface area contributed by atoms with Crippen molar-refractivity contribution in [3.05, 3.63) is 0 Å². The first-order valence-corrected chi connectivity index (χ1v) is 5.37. The molecule has 1 aliphatic rings. The van der Waals surface area contributed by atoms with Gasteiger partial charge in [-0.05, 0) is 18.3 Å². The quantitative estimate of drug-likeness (QED) is 0.618. The first kappa shape index (κ1) is 9.53. The van der Waals surface area contributed by atoms with Gasteiger partial charge in [0.2, 0.25) is 0 Å². The Bertz CT molecular complexity index is 128. The Kier molecular flexibility index (Phi) is 2.98. The number of alkyl halides is 1. The zero-order valence-corrected chi connectivity index (χ0v) is 9.15. The normalized spacial score (nSPS) is 32.7. The fourth-order valence-corrected chi connectivity index (χ4v) is 1.93. The van der Waals surface area contributed by atoms with Crippen LogP contribution in [0.25, 0.3) is 0 Å². The summed E-state index contributed by atoms with van der Waals surface area (Å²) in [6.45, 7) is 6.73. The van der Waals surface area contributed by atoms with E-state index in [0.717, 1.165) is 5.33 Å². The molecule has 0 radical (unpaired) electrons. The summed E-state index contributed by atoms with van der Waals surface area (Å²) in [5.41, 5.74) is 0.316. The van der Waals surface area contributed by atoms with E-state index in [9.17, 15) is 0 Å². The molecule has 0 amide bonds. The van der Waals surface area contributed by atoms with E-state index in [4.69, 9.17) is 4.74 Å². The zero-order valence-electron chi connectivity index (χ0n) is 7.56. The van der Waals surface area contributed by atoms with Crippen molar-refractivity contribution < 1.29 is 4.74 Å². The summed E-state index contributed by atoms with van der Waals surface area (Å²) in [6.07, 6.45) is 3.36. The Balaban J connectivity index is 2.42. The lowest BCUT2D eigenvalue weighted by atomic mass is 9.87. The van der Waals surface area contributed by atoms with E-state index in [1.807, 2.05) is 0 Å². The lowest BCUT2D eigenvalue weighted by Crippen LogP contribution is -2.26. The van der Waals surface area contributed by atoms with Gasteiger partial charge in [-0.15, -0.1) is 0 Å². The second-order valence-corrected chi connectivity index (χ2v) is 4.99. The molecule has 0 bridgehead atoms. The fourth-order valence-electron chi connectivity index (χ4n) is 1.46. The predicted octanol–water partition coefficient (Wildman–Crippen LogP) is 2.98. The lowest BCUT2D eigenvalue weighted by molar-refractivity contribution is -0.00590. The van der Waals surface area contributed by atoms with Gasteiger partial charge in [-0.2, -0.15) is 0 Å². The van der Waals surface area contributed by atoms with Gasteiger partial charge in [-0.1, -0.05) is 36.7 Å². The van der Waals surface area contributed by atoms with Crippen molar-refractivity contribution in [1.29, 1.82) is 0 Å². The van der Waals surface area contributed by atoms with Crippen molar-refractivity contribution in [2.24, 2.45) is 5.41 Å². The minimum atomic E-state index is 0.316. The van der Waals surface area contributed by atoms with Crippen LogP contribution in [0.1, 0.15) is 33.6 Å². The first-order chi connectivity index (χ1) is 5.04. The average Bonchev–Trinajstić information content (AvgIpc) is 2.32. The van der Waals surface area contributed by atoms with Gasteiger partial charge in [0.05, 0.1) is 12.2 Å². The molecule has 1 fully saturated rings. The van der Waals surface area contributed by atoms with Gasteiger partial charge < -0.3 is 4.74 Å². The van der Waals surface area contributed by atoms with Crippen molar-refractivity contribution in [2.75, 3.05) is 5.33 Å². The lowest BCUT2D eigenvalue weighted by Gasteiger charge is -2.26. The molecule has 1 saturated heterocycles. The molecule has 1 nitrogen and oxygen atoms in total. The molecule has 1 heterocycles. The molecule has 0 aromatic heterocycles. The van der Waals surface area contributed by atoms with Crippen molar-refractivity contribution in [3.8, 4) is 0 Å². The highest BCUT2D eigenvalue weighted by molar-refractivity contribution is 9.09. The van der Waals surface area contributed by atoms with Gasteiger partial charge in [0.25, 0.3) is 0 Å². The monoisotopic (exact) mass is 220 g/mol. The van der Waals surface area contributed by atoms with Crippen LogP contribution in [0.4, 0.5) is 0 Å². The van der Waals surface area contributed by atoms with E-state index < -0.39 is 0 Å². The van der Waals surface area contributed by atoms with E-state index in [2.05, 4.69) is 36.7 Å². The van der Waals surface area contributed by atoms with E-state index in [-0.39, 0.29) is 0 Å². The third-order valence-corrected chi connectivity index (χ3v) is 2.97. The predicted molar refractivity (Wildman–Crippen MR) is 51.1 cm³/mol. The molecule has 0 aromatic carbocycles. The van der Waals surface area contributed by atoms with Crippen molar-refractivity contribution >= 4 is 15.9 Å². The van der Waals surface area contributed by atoms with Crippen molar-refractivity contribution in [2.45, 2.75) is 45.8 Å². The minimum absolute atomic E-state index is 0.316. The molecule has 2 unspecified atom stereocenters. The largest absolute Gasteiger partial charge is 0.374 e. The number of hydrogen-bond donors (Lipinski definition) is 0. The molecule has 0 aliphatic carbocycles. The maximum atomic E-state index is 5.83. The molecular formula is C9H17BrO. The summed E-state index contributed by atoms with van der Waals surface area (Å²) in [4.78, 5) is 0. The summed E-state index contributed by atoms with van der Waals surface area (Å²) in [5, 5.41) is 0.986. The average molecular weight is 221 g/mol. The molecular weight excluding hydrogens is 204 g/mol. The number of rotatable bonds is 1. The van der Waals surface area contributed by atoms with Crippen LogP contribution >= 0.6 is 15.9 Å². The van der Waals surface area contributed by atoms with E-state index >= 15 is 0 Å². The Morgan fingerprint density at radius 3 is 2.27 bits per heavy atom. The highest BCUT2D eigenvalue weighted by Crippen LogP contribution is 2.33. The van der Waals surface area contributed by atoms with E-state index in [1.54, 1.807) is 0 Å². The Morgan fingerprint density at radius 2 is 2.00 bits per heavy atom. The van der Waals surface area contributed by atoms with E-state index in [1.165, 1.54) is 12.8 Å². The van der Waals surface area contributed by atoms with Crippen molar-refractivity contribution in [1.82, 2.24) is 0 Å². The molecule has 0 spiro atoms. The van der Waals surface area contributed by atoms with Crippen LogP contribution in [-0.4, -0.2) is 17.5 Å². The molecule has 11 heavy (non-hydrogen) atoms. The second-order valence-electron chi connectivity index (χ2n) is 4.34. The van der Waals surface area contributed by atoms with Crippen LogP contribution < -0.4 is 0 Å². The summed E-state index contributed by atoms with van der Waals surface area (Å²) in [5.74, 6) is 0. The smallest absolute Gasteiger partial charge is 0.0676 e. The molecule has 1 rings (SSSR count). The maximum absolute atomic E-state index is 5.83. The third kappa shape index (κ3) is 2.45. The standard InChI is InChI=1S/C9H17BrO/c1-9(2,3)8-5-4-7(6-10)11-8/h7-8H,4-6H2,1-3H3. The maximum Gasteiger partial charge on any atom is 0.0676 e. The Hall–Kier alpha value is 0.440. The van der Waals surface area contributed by atoms with Crippen LogP contribution in [0.15, 0.2) is 0 Å². The van der Waals surface area contributed by atoms with Gasteiger partial charge in [0.15, 0.2) is 0 Å². The first-order valence-electron chi connectivity index (χ1n) is 4.25. The van der Waals surface area contributed by atoms with Crippen LogP contribution in [0.3, 0.4) is 0 Å². The van der Waals surface area contributed by atoms with Crippen LogP contribution in [0.5, 0.6) is 0 Å². The molecule has 0 N–H and O–H groups in total. The molecule has 66 valence electrons. The molecule has 0 saturated carbocycles. The third-order valence-electron chi connectivity index (χ3n) is 2.25. The van der Waals surface area contributed by atoms with E-state index in [0.29, 0.717) is 17.6 Å². The summed E-state index contributed by atoms with van der Waals surface area (Å²) in [6, 6.07) is 0. The molecule has 1 aliphatic heterocycles. The van der Waals surface area contributed by atoms with Gasteiger partial charge in [0.1, 0.15) is 0 Å². The topological polar surface area (TPSA) is 9.23 Å². The Labute approximate surface area is 77.6 Å². The molecule has 2 atom stereocenters. The Morgan fingerprint density at radius 1 is 1.36 bits per heavy atom. The van der Waals surface area contributed by atoms with Gasteiger partial charge in [-0.3, -0.25) is 0 Å². The minimum Gasteiger partial charge on any atom is -0.374 e. The summed E-state index contributed by atoms with van der Waals surface area (Å²) < 4.78 is 5.83. The second kappa shape index (κ2) is 3.44. The highest BCUT2D eigenvalue weighted by atomic mass is 79.9. The van der Waals surface area contributed by atoms with Crippen LogP contribution in [0.2, 0.25) is 0 Å². The number of halogens is 1. The van der Waals surface area contributed by atoms with Gasteiger partial charge in [-0.25, -0.2) is 0 Å².